The van der Waals surface area contributed by atoms with Crippen LogP contribution in [0.15, 0.2) is 58.6 Å². The quantitative estimate of drug-likeness (QED) is 0.635. The van der Waals surface area contributed by atoms with Crippen LogP contribution in [0.4, 0.5) is 4.39 Å². The zero-order valence-electron chi connectivity index (χ0n) is 17.3. The molecule has 0 saturated carbocycles. The van der Waals surface area contributed by atoms with Gasteiger partial charge in [0.2, 0.25) is 0 Å². The van der Waals surface area contributed by atoms with Crippen molar-refractivity contribution in [3.05, 3.63) is 70.6 Å². The van der Waals surface area contributed by atoms with Crippen molar-refractivity contribution in [1.29, 1.82) is 0 Å². The van der Waals surface area contributed by atoms with E-state index in [0.717, 1.165) is 60.8 Å². The van der Waals surface area contributed by atoms with Crippen molar-refractivity contribution in [2.24, 2.45) is 5.92 Å². The average molecular weight is 437 g/mol. The van der Waals surface area contributed by atoms with Crippen LogP contribution in [0.5, 0.6) is 0 Å². The molecule has 0 radical (unpaired) electrons. The van der Waals surface area contributed by atoms with E-state index >= 15 is 0 Å². The number of piperidine rings is 1. The van der Waals surface area contributed by atoms with E-state index in [1.54, 1.807) is 6.07 Å². The largest absolute Gasteiger partial charge is 0.351 e. The first-order valence-electron chi connectivity index (χ1n) is 10.8. The highest BCUT2D eigenvalue weighted by Gasteiger charge is 2.23. The molecule has 0 spiro atoms. The van der Waals surface area contributed by atoms with Crippen molar-refractivity contribution in [2.45, 2.75) is 24.3 Å². The van der Waals surface area contributed by atoms with Gasteiger partial charge in [0.15, 0.2) is 0 Å². The summed E-state index contributed by atoms with van der Waals surface area (Å²) in [6.45, 7) is 3.56. The minimum absolute atomic E-state index is 0.0172. The Morgan fingerprint density at radius 3 is 2.84 bits per heavy atom. The Hall–Kier alpha value is -2.64. The second-order valence-corrected chi connectivity index (χ2v) is 9.25. The van der Waals surface area contributed by atoms with Gasteiger partial charge in [0.1, 0.15) is 11.5 Å². The minimum Gasteiger partial charge on any atom is -0.351 e. The number of nitrogens with one attached hydrogen (secondary N) is 1. The Balaban J connectivity index is 1.10. The van der Waals surface area contributed by atoms with E-state index in [0.29, 0.717) is 17.4 Å². The SMILES string of the molecule is O=C(NCC1CCN(CCc2ccccc2F)CC1)C1=Cc2cnc3cccc(n23)S1. The Kier molecular flexibility index (Phi) is 5.78. The number of rotatable bonds is 6. The molecule has 1 aromatic carbocycles. The van der Waals surface area contributed by atoms with E-state index < -0.39 is 0 Å². The zero-order chi connectivity index (χ0) is 21.2. The number of aromatic nitrogens is 2. The Morgan fingerprint density at radius 2 is 2.00 bits per heavy atom. The number of amides is 1. The number of carbonyl (C=O) groups is 1. The molecule has 31 heavy (non-hydrogen) atoms. The summed E-state index contributed by atoms with van der Waals surface area (Å²) >= 11 is 1.49. The van der Waals surface area contributed by atoms with E-state index in [2.05, 4.69) is 19.6 Å². The van der Waals surface area contributed by atoms with Gasteiger partial charge in [-0.2, -0.15) is 0 Å². The molecule has 4 heterocycles. The molecule has 3 aromatic rings. The highest BCUT2D eigenvalue weighted by atomic mass is 32.2. The predicted molar refractivity (Wildman–Crippen MR) is 121 cm³/mol. The molecule has 5 rings (SSSR count). The van der Waals surface area contributed by atoms with Crippen molar-refractivity contribution >= 4 is 29.4 Å². The lowest BCUT2D eigenvalue weighted by Crippen LogP contribution is -2.39. The zero-order valence-corrected chi connectivity index (χ0v) is 18.1. The van der Waals surface area contributed by atoms with Gasteiger partial charge >= 0.3 is 0 Å². The van der Waals surface area contributed by atoms with Gasteiger partial charge in [-0.25, -0.2) is 9.37 Å². The normalized spacial score (nSPS) is 17.0. The van der Waals surface area contributed by atoms with Crippen molar-refractivity contribution < 1.29 is 9.18 Å². The second kappa shape index (κ2) is 8.85. The molecule has 5 nitrogen and oxygen atoms in total. The van der Waals surface area contributed by atoms with Crippen LogP contribution in [0, 0.1) is 11.7 Å². The van der Waals surface area contributed by atoms with Crippen LogP contribution in [-0.2, 0) is 11.2 Å². The number of halogens is 1. The van der Waals surface area contributed by atoms with E-state index in [4.69, 9.17) is 0 Å². The maximum absolute atomic E-state index is 13.8. The molecule has 0 bridgehead atoms. The standard InChI is InChI=1S/C24H25FN4OS/c25-20-5-2-1-4-18(20)10-13-28-11-8-17(9-12-28)15-27-24(30)21-14-19-16-26-22-6-3-7-23(31-21)29(19)22/h1-7,14,16-17H,8-13,15H2,(H,27,30). The fourth-order valence-electron chi connectivity index (χ4n) is 4.32. The number of nitrogens with zero attached hydrogens (tertiary/aromatic N) is 3. The van der Waals surface area contributed by atoms with Gasteiger partial charge in [0, 0.05) is 13.1 Å². The summed E-state index contributed by atoms with van der Waals surface area (Å²) in [5, 5.41) is 4.15. The summed E-state index contributed by atoms with van der Waals surface area (Å²) in [6, 6.07) is 13.0. The van der Waals surface area contributed by atoms with E-state index in [1.807, 2.05) is 42.6 Å². The van der Waals surface area contributed by atoms with E-state index in [9.17, 15) is 9.18 Å². The van der Waals surface area contributed by atoms with Gasteiger partial charge in [0.25, 0.3) is 5.91 Å². The van der Waals surface area contributed by atoms with Gasteiger partial charge in [0.05, 0.1) is 21.8 Å². The lowest BCUT2D eigenvalue weighted by molar-refractivity contribution is -0.117. The van der Waals surface area contributed by atoms with Crippen LogP contribution < -0.4 is 5.32 Å². The van der Waals surface area contributed by atoms with Crippen LogP contribution in [-0.4, -0.2) is 46.4 Å². The second-order valence-electron chi connectivity index (χ2n) is 8.19. The van der Waals surface area contributed by atoms with Crippen molar-refractivity contribution in [3.63, 3.8) is 0 Å². The number of carbonyl (C=O) groups excluding carboxylic acids is 1. The topological polar surface area (TPSA) is 49.6 Å². The molecule has 7 heteroatoms. The molecule has 0 atom stereocenters. The molecular weight excluding hydrogens is 411 g/mol. The molecule has 0 aliphatic carbocycles. The first-order chi connectivity index (χ1) is 15.2. The number of imidazole rings is 1. The van der Waals surface area contributed by atoms with Crippen molar-refractivity contribution in [1.82, 2.24) is 19.6 Å². The fourth-order valence-corrected chi connectivity index (χ4v) is 5.32. The van der Waals surface area contributed by atoms with Crippen LogP contribution in [0.1, 0.15) is 24.1 Å². The smallest absolute Gasteiger partial charge is 0.258 e. The first kappa shape index (κ1) is 20.3. The molecule has 2 aromatic heterocycles. The molecule has 2 aliphatic heterocycles. The number of benzene rings is 1. The number of pyridine rings is 1. The van der Waals surface area contributed by atoms with Gasteiger partial charge in [-0.05, 0) is 68.1 Å². The number of likely N-dealkylation sites (tertiary alicyclic amines) is 1. The van der Waals surface area contributed by atoms with Gasteiger partial charge in [-0.15, -0.1) is 0 Å². The van der Waals surface area contributed by atoms with Crippen LogP contribution in [0.2, 0.25) is 0 Å². The van der Waals surface area contributed by atoms with Crippen molar-refractivity contribution in [2.75, 3.05) is 26.2 Å². The maximum Gasteiger partial charge on any atom is 0.258 e. The Labute approximate surface area is 185 Å². The lowest BCUT2D eigenvalue weighted by atomic mass is 9.96. The highest BCUT2D eigenvalue weighted by Crippen LogP contribution is 2.34. The lowest BCUT2D eigenvalue weighted by Gasteiger charge is -2.32. The van der Waals surface area contributed by atoms with Gasteiger partial charge in [-0.1, -0.05) is 36.0 Å². The average Bonchev–Trinajstić information content (AvgIpc) is 3.22. The number of hydrogen-bond donors (Lipinski definition) is 1. The van der Waals surface area contributed by atoms with Crippen LogP contribution in [0.3, 0.4) is 0 Å². The molecule has 1 saturated heterocycles. The molecule has 2 aliphatic rings. The Morgan fingerprint density at radius 1 is 1.16 bits per heavy atom. The monoisotopic (exact) mass is 436 g/mol. The summed E-state index contributed by atoms with van der Waals surface area (Å²) in [4.78, 5) is 20.3. The third kappa shape index (κ3) is 4.38. The molecular formula is C24H25FN4OS. The molecule has 160 valence electrons. The summed E-state index contributed by atoms with van der Waals surface area (Å²) in [5.41, 5.74) is 2.63. The summed E-state index contributed by atoms with van der Waals surface area (Å²) in [7, 11) is 0. The fraction of sp³-hybridized carbons (Fsp3) is 0.333. The minimum atomic E-state index is -0.116. The van der Waals surface area contributed by atoms with E-state index in [1.165, 1.54) is 17.8 Å². The number of thioether (sulfide) groups is 1. The first-order valence-corrected chi connectivity index (χ1v) is 11.6. The summed E-state index contributed by atoms with van der Waals surface area (Å²) < 4.78 is 15.9. The number of hydrogen-bond acceptors (Lipinski definition) is 4. The third-order valence-electron chi connectivity index (χ3n) is 6.15. The van der Waals surface area contributed by atoms with Crippen LogP contribution in [0.25, 0.3) is 11.7 Å². The maximum atomic E-state index is 13.8. The van der Waals surface area contributed by atoms with Crippen LogP contribution >= 0.6 is 11.8 Å². The summed E-state index contributed by atoms with van der Waals surface area (Å²) in [5.74, 6) is 0.350. The van der Waals surface area contributed by atoms with Gasteiger partial charge in [-0.3, -0.25) is 9.20 Å². The predicted octanol–water partition coefficient (Wildman–Crippen LogP) is 3.99. The Bertz CT molecular complexity index is 1130. The van der Waals surface area contributed by atoms with E-state index in [-0.39, 0.29) is 11.7 Å². The van der Waals surface area contributed by atoms with Crippen molar-refractivity contribution in [3.8, 4) is 0 Å². The van der Waals surface area contributed by atoms with Gasteiger partial charge < -0.3 is 10.2 Å². The molecule has 0 unspecified atom stereocenters. The molecule has 1 amide bonds. The molecule has 1 N–H and O–H groups in total. The highest BCUT2D eigenvalue weighted by molar-refractivity contribution is 8.04. The summed E-state index contributed by atoms with van der Waals surface area (Å²) in [6.07, 6.45) is 6.57. The molecule has 1 fully saturated rings. The third-order valence-corrected chi connectivity index (χ3v) is 7.20.